The van der Waals surface area contributed by atoms with Crippen LogP contribution in [0.15, 0.2) is 42.5 Å². The molecule has 0 radical (unpaired) electrons. The minimum absolute atomic E-state index is 0.292. The van der Waals surface area contributed by atoms with E-state index in [4.69, 9.17) is 4.74 Å². The first-order valence-corrected chi connectivity index (χ1v) is 6.48. The van der Waals surface area contributed by atoms with Crippen molar-refractivity contribution in [1.82, 2.24) is 5.32 Å². The second kappa shape index (κ2) is 6.48. The van der Waals surface area contributed by atoms with Gasteiger partial charge in [-0.05, 0) is 42.4 Å². The Labute approximate surface area is 117 Å². The predicted molar refractivity (Wildman–Crippen MR) is 74.9 cm³/mol. The SMILES string of the molecule is CCNC(c1cccc(OC)c1)c1cc(F)ccc1F. The maximum atomic E-state index is 14.0. The third kappa shape index (κ3) is 3.14. The zero-order valence-electron chi connectivity index (χ0n) is 11.5. The molecule has 0 aliphatic heterocycles. The van der Waals surface area contributed by atoms with Crippen LogP contribution in [0.25, 0.3) is 0 Å². The van der Waals surface area contributed by atoms with Crippen molar-refractivity contribution < 1.29 is 13.5 Å². The lowest BCUT2D eigenvalue weighted by molar-refractivity contribution is 0.413. The maximum absolute atomic E-state index is 14.0. The molecule has 0 saturated carbocycles. The van der Waals surface area contributed by atoms with Crippen molar-refractivity contribution in [2.24, 2.45) is 0 Å². The second-order valence-electron chi connectivity index (χ2n) is 4.43. The summed E-state index contributed by atoms with van der Waals surface area (Å²) in [5.41, 5.74) is 1.12. The van der Waals surface area contributed by atoms with Crippen LogP contribution in [-0.2, 0) is 0 Å². The molecule has 2 aromatic carbocycles. The number of hydrogen-bond acceptors (Lipinski definition) is 2. The van der Waals surface area contributed by atoms with Crippen LogP contribution in [0.5, 0.6) is 5.75 Å². The van der Waals surface area contributed by atoms with Crippen LogP contribution in [0.3, 0.4) is 0 Å². The summed E-state index contributed by atoms with van der Waals surface area (Å²) in [6.07, 6.45) is 0. The van der Waals surface area contributed by atoms with Gasteiger partial charge in [0, 0.05) is 5.56 Å². The molecular formula is C16H17F2NO. The van der Waals surface area contributed by atoms with Crippen LogP contribution < -0.4 is 10.1 Å². The number of nitrogens with one attached hydrogen (secondary N) is 1. The van der Waals surface area contributed by atoms with E-state index in [1.54, 1.807) is 7.11 Å². The quantitative estimate of drug-likeness (QED) is 0.900. The molecule has 106 valence electrons. The van der Waals surface area contributed by atoms with Gasteiger partial charge >= 0.3 is 0 Å². The topological polar surface area (TPSA) is 21.3 Å². The van der Waals surface area contributed by atoms with E-state index in [0.717, 1.165) is 17.7 Å². The minimum atomic E-state index is -0.452. The fraction of sp³-hybridized carbons (Fsp3) is 0.250. The molecule has 2 nitrogen and oxygen atoms in total. The van der Waals surface area contributed by atoms with Gasteiger partial charge in [0.1, 0.15) is 17.4 Å². The van der Waals surface area contributed by atoms with Crippen LogP contribution in [0.4, 0.5) is 8.78 Å². The molecule has 0 aliphatic carbocycles. The summed E-state index contributed by atoms with van der Waals surface area (Å²) in [5, 5.41) is 3.17. The molecular weight excluding hydrogens is 260 g/mol. The molecule has 1 unspecified atom stereocenters. The van der Waals surface area contributed by atoms with Gasteiger partial charge in [-0.2, -0.15) is 0 Å². The highest BCUT2D eigenvalue weighted by atomic mass is 19.1. The van der Waals surface area contributed by atoms with E-state index >= 15 is 0 Å². The molecule has 0 fully saturated rings. The normalized spacial score (nSPS) is 12.2. The fourth-order valence-electron chi connectivity index (χ4n) is 2.17. The molecule has 0 heterocycles. The second-order valence-corrected chi connectivity index (χ2v) is 4.43. The largest absolute Gasteiger partial charge is 0.497 e. The number of hydrogen-bond donors (Lipinski definition) is 1. The molecule has 0 amide bonds. The average molecular weight is 277 g/mol. The molecule has 0 spiro atoms. The van der Waals surface area contributed by atoms with Gasteiger partial charge in [-0.3, -0.25) is 0 Å². The minimum Gasteiger partial charge on any atom is -0.497 e. The van der Waals surface area contributed by atoms with Crippen molar-refractivity contribution in [2.75, 3.05) is 13.7 Å². The molecule has 0 saturated heterocycles. The maximum Gasteiger partial charge on any atom is 0.128 e. The predicted octanol–water partition coefficient (Wildman–Crippen LogP) is 3.67. The van der Waals surface area contributed by atoms with Crippen molar-refractivity contribution in [3.05, 3.63) is 65.2 Å². The number of halogens is 2. The lowest BCUT2D eigenvalue weighted by Gasteiger charge is -2.20. The fourth-order valence-corrected chi connectivity index (χ4v) is 2.17. The van der Waals surface area contributed by atoms with Crippen molar-refractivity contribution in [3.8, 4) is 5.75 Å². The van der Waals surface area contributed by atoms with Crippen LogP contribution in [-0.4, -0.2) is 13.7 Å². The molecule has 0 aliphatic rings. The zero-order valence-corrected chi connectivity index (χ0v) is 11.5. The first-order chi connectivity index (χ1) is 9.65. The number of rotatable bonds is 5. The third-order valence-corrected chi connectivity index (χ3v) is 3.10. The van der Waals surface area contributed by atoms with Crippen LogP contribution >= 0.6 is 0 Å². The van der Waals surface area contributed by atoms with Gasteiger partial charge in [0.2, 0.25) is 0 Å². The van der Waals surface area contributed by atoms with E-state index in [0.29, 0.717) is 17.9 Å². The molecule has 2 rings (SSSR count). The van der Waals surface area contributed by atoms with Gasteiger partial charge in [0.05, 0.1) is 13.2 Å². The van der Waals surface area contributed by atoms with E-state index in [-0.39, 0.29) is 0 Å². The van der Waals surface area contributed by atoms with E-state index < -0.39 is 17.7 Å². The Kier molecular flexibility index (Phi) is 4.69. The Morgan fingerprint density at radius 1 is 1.15 bits per heavy atom. The van der Waals surface area contributed by atoms with Gasteiger partial charge in [0.25, 0.3) is 0 Å². The highest BCUT2D eigenvalue weighted by molar-refractivity contribution is 5.37. The average Bonchev–Trinajstić information content (AvgIpc) is 2.47. The van der Waals surface area contributed by atoms with Crippen molar-refractivity contribution in [3.63, 3.8) is 0 Å². The lowest BCUT2D eigenvalue weighted by Crippen LogP contribution is -2.23. The van der Waals surface area contributed by atoms with Gasteiger partial charge in [-0.25, -0.2) is 8.78 Å². The van der Waals surface area contributed by atoms with Gasteiger partial charge in [-0.15, -0.1) is 0 Å². The Morgan fingerprint density at radius 3 is 2.65 bits per heavy atom. The summed E-state index contributed by atoms with van der Waals surface area (Å²) >= 11 is 0. The highest BCUT2D eigenvalue weighted by Crippen LogP contribution is 2.27. The van der Waals surface area contributed by atoms with E-state index in [2.05, 4.69) is 5.32 Å². The number of methoxy groups -OCH3 is 1. The number of ether oxygens (including phenoxy) is 1. The summed E-state index contributed by atoms with van der Waals surface area (Å²) in [7, 11) is 1.57. The van der Waals surface area contributed by atoms with Gasteiger partial charge < -0.3 is 10.1 Å². The Morgan fingerprint density at radius 2 is 1.95 bits per heavy atom. The molecule has 1 atom stereocenters. The smallest absolute Gasteiger partial charge is 0.128 e. The lowest BCUT2D eigenvalue weighted by atomic mass is 9.97. The molecule has 4 heteroatoms. The van der Waals surface area contributed by atoms with E-state index in [1.165, 1.54) is 6.07 Å². The third-order valence-electron chi connectivity index (χ3n) is 3.10. The summed E-state index contributed by atoms with van der Waals surface area (Å²) < 4.78 is 32.5. The number of benzene rings is 2. The standard InChI is InChI=1S/C16H17F2NO/c1-3-19-16(11-5-4-6-13(9-11)20-2)14-10-12(17)7-8-15(14)18/h4-10,16,19H,3H2,1-2H3. The molecule has 0 aromatic heterocycles. The van der Waals surface area contributed by atoms with Crippen LogP contribution in [0, 0.1) is 11.6 Å². The van der Waals surface area contributed by atoms with E-state index in [9.17, 15) is 8.78 Å². The van der Waals surface area contributed by atoms with Crippen molar-refractivity contribution in [1.29, 1.82) is 0 Å². The van der Waals surface area contributed by atoms with Gasteiger partial charge in [-0.1, -0.05) is 19.1 Å². The molecule has 1 N–H and O–H groups in total. The Balaban J connectivity index is 2.46. The van der Waals surface area contributed by atoms with Crippen molar-refractivity contribution in [2.45, 2.75) is 13.0 Å². The Bertz CT molecular complexity index is 586. The first kappa shape index (κ1) is 14.5. The van der Waals surface area contributed by atoms with Crippen molar-refractivity contribution >= 4 is 0 Å². The molecule has 20 heavy (non-hydrogen) atoms. The monoisotopic (exact) mass is 277 g/mol. The summed E-state index contributed by atoms with van der Waals surface area (Å²) in [6.45, 7) is 2.56. The first-order valence-electron chi connectivity index (χ1n) is 6.48. The Hall–Kier alpha value is -1.94. The zero-order chi connectivity index (χ0) is 14.5. The van der Waals surface area contributed by atoms with Crippen LogP contribution in [0.1, 0.15) is 24.1 Å². The molecule has 0 bridgehead atoms. The van der Waals surface area contributed by atoms with E-state index in [1.807, 2.05) is 31.2 Å². The molecule has 2 aromatic rings. The summed E-state index contributed by atoms with van der Waals surface area (Å²) in [5.74, 6) is -0.199. The highest BCUT2D eigenvalue weighted by Gasteiger charge is 2.18. The van der Waals surface area contributed by atoms with Gasteiger partial charge in [0.15, 0.2) is 0 Å². The van der Waals surface area contributed by atoms with Crippen LogP contribution in [0.2, 0.25) is 0 Å². The summed E-state index contributed by atoms with van der Waals surface area (Å²) in [4.78, 5) is 0. The summed E-state index contributed by atoms with van der Waals surface area (Å²) in [6, 6.07) is 10.4.